The lowest BCUT2D eigenvalue weighted by atomic mass is 9.99. The molecule has 2 N–H and O–H groups in total. The maximum Gasteiger partial charge on any atom is 0.173 e. The molecule has 1 aromatic carbocycles. The first kappa shape index (κ1) is 13.8. The van der Waals surface area contributed by atoms with Crippen LogP contribution < -0.4 is 5.32 Å². The summed E-state index contributed by atoms with van der Waals surface area (Å²) in [5.74, 6) is 0.291. The largest absolute Gasteiger partial charge is 0.396 e. The Kier molecular flexibility index (Phi) is 4.72. The van der Waals surface area contributed by atoms with Crippen LogP contribution in [0.2, 0.25) is 0 Å². The fraction of sp³-hybridized carbons (Fsp3) is 0.429. The van der Waals surface area contributed by atoms with Crippen LogP contribution in [0.1, 0.15) is 18.4 Å². The van der Waals surface area contributed by atoms with Crippen molar-refractivity contribution in [3.8, 4) is 6.07 Å². The predicted molar refractivity (Wildman–Crippen MR) is 78.8 cm³/mol. The first-order valence-corrected chi connectivity index (χ1v) is 6.81. The molecule has 1 atom stereocenters. The van der Waals surface area contributed by atoms with Gasteiger partial charge in [-0.1, -0.05) is 12.1 Å². The monoisotopic (exact) mass is 275 g/mol. The summed E-state index contributed by atoms with van der Waals surface area (Å²) in [6.45, 7) is 1.88. The SMILES string of the molecule is N#Cc1ccccc1NC(=S)N1CCCC(CO)C1. The molecule has 0 aliphatic carbocycles. The summed E-state index contributed by atoms with van der Waals surface area (Å²) in [6, 6.07) is 9.45. The third-order valence-electron chi connectivity index (χ3n) is 3.35. The Labute approximate surface area is 118 Å². The molecular weight excluding hydrogens is 258 g/mol. The summed E-state index contributed by atoms with van der Waals surface area (Å²) in [5.41, 5.74) is 1.32. The van der Waals surface area contributed by atoms with Crippen LogP contribution in [-0.4, -0.2) is 34.8 Å². The molecule has 1 aliphatic rings. The van der Waals surface area contributed by atoms with Gasteiger partial charge in [-0.15, -0.1) is 0 Å². The molecule has 0 aromatic heterocycles. The molecule has 1 unspecified atom stereocenters. The molecule has 0 spiro atoms. The Morgan fingerprint density at radius 2 is 2.32 bits per heavy atom. The number of para-hydroxylation sites is 1. The maximum absolute atomic E-state index is 9.23. The summed E-state index contributed by atoms with van der Waals surface area (Å²) >= 11 is 5.39. The van der Waals surface area contributed by atoms with Crippen LogP contribution in [0.15, 0.2) is 24.3 Å². The van der Waals surface area contributed by atoms with E-state index in [1.54, 1.807) is 6.07 Å². The molecule has 4 nitrogen and oxygen atoms in total. The van der Waals surface area contributed by atoms with Crippen LogP contribution in [-0.2, 0) is 0 Å². The van der Waals surface area contributed by atoms with Crippen molar-refractivity contribution >= 4 is 23.0 Å². The minimum Gasteiger partial charge on any atom is -0.396 e. The highest BCUT2D eigenvalue weighted by Crippen LogP contribution is 2.19. The van der Waals surface area contributed by atoms with Gasteiger partial charge >= 0.3 is 0 Å². The van der Waals surface area contributed by atoms with Gasteiger partial charge in [0.05, 0.1) is 11.3 Å². The molecule has 1 saturated heterocycles. The number of nitrogens with zero attached hydrogens (tertiary/aromatic N) is 2. The number of piperidine rings is 1. The van der Waals surface area contributed by atoms with Gasteiger partial charge in [0.25, 0.3) is 0 Å². The zero-order valence-electron chi connectivity index (χ0n) is 10.7. The van der Waals surface area contributed by atoms with Crippen molar-refractivity contribution in [1.82, 2.24) is 4.90 Å². The van der Waals surface area contributed by atoms with Crippen LogP contribution in [0, 0.1) is 17.2 Å². The van der Waals surface area contributed by atoms with E-state index >= 15 is 0 Å². The number of nitriles is 1. The Hall–Kier alpha value is -1.64. The van der Waals surface area contributed by atoms with Gasteiger partial charge in [-0.2, -0.15) is 5.26 Å². The van der Waals surface area contributed by atoms with E-state index in [-0.39, 0.29) is 6.61 Å². The normalized spacial score (nSPS) is 18.7. The molecule has 0 bridgehead atoms. The summed E-state index contributed by atoms with van der Waals surface area (Å²) in [7, 11) is 0. The van der Waals surface area contributed by atoms with Crippen molar-refractivity contribution in [2.75, 3.05) is 25.0 Å². The van der Waals surface area contributed by atoms with E-state index in [1.807, 2.05) is 18.2 Å². The lowest BCUT2D eigenvalue weighted by Gasteiger charge is -2.33. The Morgan fingerprint density at radius 1 is 1.53 bits per heavy atom. The average Bonchev–Trinajstić information content (AvgIpc) is 2.47. The van der Waals surface area contributed by atoms with Gasteiger partial charge in [-0.05, 0) is 43.1 Å². The fourth-order valence-corrected chi connectivity index (χ4v) is 2.56. The molecule has 2 rings (SSSR count). The second kappa shape index (κ2) is 6.50. The number of benzene rings is 1. The number of hydrogen-bond acceptors (Lipinski definition) is 3. The molecular formula is C14H17N3OS. The number of rotatable bonds is 2. The Morgan fingerprint density at radius 3 is 3.05 bits per heavy atom. The van der Waals surface area contributed by atoms with E-state index in [4.69, 9.17) is 17.5 Å². The summed E-state index contributed by atoms with van der Waals surface area (Å²) in [6.07, 6.45) is 2.08. The quantitative estimate of drug-likeness (QED) is 0.808. The predicted octanol–water partition coefficient (Wildman–Crippen LogP) is 1.96. The highest BCUT2D eigenvalue weighted by Gasteiger charge is 2.21. The first-order valence-electron chi connectivity index (χ1n) is 6.40. The van der Waals surface area contributed by atoms with Crippen LogP contribution in [0.3, 0.4) is 0 Å². The minimum absolute atomic E-state index is 0.202. The second-order valence-electron chi connectivity index (χ2n) is 4.72. The zero-order chi connectivity index (χ0) is 13.7. The van der Waals surface area contributed by atoms with Gasteiger partial charge in [-0.25, -0.2) is 0 Å². The lowest BCUT2D eigenvalue weighted by Crippen LogP contribution is -2.43. The van der Waals surface area contributed by atoms with Crippen LogP contribution in [0.4, 0.5) is 5.69 Å². The van der Waals surface area contributed by atoms with Crippen molar-refractivity contribution in [2.45, 2.75) is 12.8 Å². The van der Waals surface area contributed by atoms with Gasteiger partial charge in [-0.3, -0.25) is 0 Å². The number of nitrogens with one attached hydrogen (secondary N) is 1. The summed E-state index contributed by atoms with van der Waals surface area (Å²) in [5, 5.41) is 22.0. The molecule has 1 heterocycles. The van der Waals surface area contributed by atoms with Crippen molar-refractivity contribution in [3.63, 3.8) is 0 Å². The molecule has 100 valence electrons. The van der Waals surface area contributed by atoms with Crippen LogP contribution >= 0.6 is 12.2 Å². The molecule has 0 radical (unpaired) electrons. The van der Waals surface area contributed by atoms with Gasteiger partial charge in [0.1, 0.15) is 6.07 Å². The van der Waals surface area contributed by atoms with Crippen molar-refractivity contribution in [3.05, 3.63) is 29.8 Å². The van der Waals surface area contributed by atoms with Crippen LogP contribution in [0.5, 0.6) is 0 Å². The van der Waals surface area contributed by atoms with E-state index in [0.29, 0.717) is 16.6 Å². The number of anilines is 1. The minimum atomic E-state index is 0.202. The molecule has 5 heteroatoms. The number of likely N-dealkylation sites (tertiary alicyclic amines) is 1. The summed E-state index contributed by atoms with van der Waals surface area (Å²) in [4.78, 5) is 2.06. The number of aliphatic hydroxyl groups excluding tert-OH is 1. The lowest BCUT2D eigenvalue weighted by molar-refractivity contribution is 0.162. The van der Waals surface area contributed by atoms with Gasteiger partial charge in [0.15, 0.2) is 5.11 Å². The highest BCUT2D eigenvalue weighted by molar-refractivity contribution is 7.80. The van der Waals surface area contributed by atoms with Crippen molar-refractivity contribution in [2.24, 2.45) is 5.92 Å². The highest BCUT2D eigenvalue weighted by atomic mass is 32.1. The summed E-state index contributed by atoms with van der Waals surface area (Å²) < 4.78 is 0. The van der Waals surface area contributed by atoms with E-state index in [9.17, 15) is 5.11 Å². The third-order valence-corrected chi connectivity index (χ3v) is 3.71. The van der Waals surface area contributed by atoms with Gasteiger partial charge < -0.3 is 15.3 Å². The molecule has 1 aliphatic heterocycles. The maximum atomic E-state index is 9.23. The number of aliphatic hydroxyl groups is 1. The second-order valence-corrected chi connectivity index (χ2v) is 5.11. The molecule has 1 fully saturated rings. The molecule has 19 heavy (non-hydrogen) atoms. The zero-order valence-corrected chi connectivity index (χ0v) is 11.5. The molecule has 1 aromatic rings. The number of thiocarbonyl (C=S) groups is 1. The standard InChI is InChI=1S/C14H17N3OS/c15-8-12-5-1-2-6-13(12)16-14(19)17-7-3-4-11(9-17)10-18/h1-2,5-6,11,18H,3-4,7,9-10H2,(H,16,19). The number of hydrogen-bond donors (Lipinski definition) is 2. The van der Waals surface area contributed by atoms with E-state index < -0.39 is 0 Å². The van der Waals surface area contributed by atoms with Gasteiger partial charge in [0, 0.05) is 19.7 Å². The topological polar surface area (TPSA) is 59.3 Å². The van der Waals surface area contributed by atoms with Crippen molar-refractivity contribution in [1.29, 1.82) is 5.26 Å². The fourth-order valence-electron chi connectivity index (χ4n) is 2.28. The molecule has 0 amide bonds. The Balaban J connectivity index is 2.03. The molecule has 0 saturated carbocycles. The average molecular weight is 275 g/mol. The third kappa shape index (κ3) is 3.43. The first-order chi connectivity index (χ1) is 9.24. The van der Waals surface area contributed by atoms with E-state index in [2.05, 4.69) is 16.3 Å². The van der Waals surface area contributed by atoms with Crippen molar-refractivity contribution < 1.29 is 5.11 Å². The van der Waals surface area contributed by atoms with E-state index in [1.165, 1.54) is 0 Å². The van der Waals surface area contributed by atoms with Crippen LogP contribution in [0.25, 0.3) is 0 Å². The van der Waals surface area contributed by atoms with E-state index in [0.717, 1.165) is 31.6 Å². The van der Waals surface area contributed by atoms with Gasteiger partial charge in [0.2, 0.25) is 0 Å². The Bertz CT molecular complexity index is 498. The smallest absolute Gasteiger partial charge is 0.173 e.